The van der Waals surface area contributed by atoms with E-state index in [0.29, 0.717) is 5.92 Å². The van der Waals surface area contributed by atoms with E-state index in [1.165, 1.54) is 47.6 Å². The van der Waals surface area contributed by atoms with Crippen molar-refractivity contribution in [3.05, 3.63) is 47.5 Å². The van der Waals surface area contributed by atoms with Crippen molar-refractivity contribution in [2.24, 2.45) is 5.92 Å². The lowest BCUT2D eigenvalue weighted by Gasteiger charge is -2.18. The molecule has 1 aliphatic rings. The summed E-state index contributed by atoms with van der Waals surface area (Å²) in [5.41, 5.74) is 2.73. The molecule has 1 aliphatic carbocycles. The Hall–Kier alpha value is -2.20. The smallest absolute Gasteiger partial charge is 0.120 e. The Bertz CT molecular complexity index is 709. The van der Waals surface area contributed by atoms with Crippen molar-refractivity contribution in [2.45, 2.75) is 46.0 Å². The molecule has 126 valence electrons. The Labute approximate surface area is 146 Å². The maximum absolute atomic E-state index is 6.14. The minimum Gasteiger partial charge on any atom is -0.493 e. The van der Waals surface area contributed by atoms with Crippen molar-refractivity contribution >= 4 is 16.8 Å². The maximum atomic E-state index is 6.14. The van der Waals surface area contributed by atoms with E-state index in [2.05, 4.69) is 69.2 Å². The molecule has 1 nitrogen and oxygen atoms in total. The summed E-state index contributed by atoms with van der Waals surface area (Å²) in [4.78, 5) is 0. The Morgan fingerprint density at radius 3 is 2.75 bits per heavy atom. The first-order chi connectivity index (χ1) is 11.8. The topological polar surface area (TPSA) is 9.23 Å². The lowest BCUT2D eigenvalue weighted by atomic mass is 9.93. The van der Waals surface area contributed by atoms with Gasteiger partial charge in [-0.15, -0.1) is 12.8 Å². The molecule has 1 unspecified atom stereocenters. The van der Waals surface area contributed by atoms with Gasteiger partial charge in [-0.2, -0.15) is 0 Å². The van der Waals surface area contributed by atoms with Crippen LogP contribution < -0.4 is 4.74 Å². The standard InChI is InChI=1S/C21H26O.C2H2/c1-3-5-8-16(4-2)15-22-20-13-18-11-6-9-17-10-7-12-19(14-20)21(17)18;1-2/h6-7,9,11-14,16H,3-5,8,10,15H2,1-2H3;1-2H. The third kappa shape index (κ3) is 4.20. The normalized spacial score (nSPS) is 13.2. The van der Waals surface area contributed by atoms with E-state index in [4.69, 9.17) is 4.74 Å². The fourth-order valence-electron chi connectivity index (χ4n) is 3.32. The van der Waals surface area contributed by atoms with Crippen molar-refractivity contribution in [2.75, 3.05) is 6.61 Å². The summed E-state index contributed by atoms with van der Waals surface area (Å²) in [7, 11) is 0. The molecule has 0 saturated heterocycles. The van der Waals surface area contributed by atoms with Crippen molar-refractivity contribution in [3.8, 4) is 18.6 Å². The molecule has 0 aliphatic heterocycles. The molecular weight excluding hydrogens is 292 g/mol. The predicted molar refractivity (Wildman–Crippen MR) is 105 cm³/mol. The van der Waals surface area contributed by atoms with Gasteiger partial charge in [-0.1, -0.05) is 63.5 Å². The second-order valence-corrected chi connectivity index (χ2v) is 6.36. The van der Waals surface area contributed by atoms with E-state index in [9.17, 15) is 0 Å². The van der Waals surface area contributed by atoms with E-state index in [0.717, 1.165) is 18.8 Å². The molecule has 0 radical (unpaired) electrons. The van der Waals surface area contributed by atoms with Crippen LogP contribution in [0.15, 0.2) is 36.4 Å². The number of hydrogen-bond acceptors (Lipinski definition) is 1. The van der Waals surface area contributed by atoms with Gasteiger partial charge >= 0.3 is 0 Å². The van der Waals surface area contributed by atoms with E-state index < -0.39 is 0 Å². The van der Waals surface area contributed by atoms with Gasteiger partial charge in [0, 0.05) is 0 Å². The van der Waals surface area contributed by atoms with Crippen LogP contribution in [0.5, 0.6) is 5.75 Å². The molecule has 0 amide bonds. The number of unbranched alkanes of at least 4 members (excludes halogenated alkanes) is 1. The number of hydrogen-bond donors (Lipinski definition) is 0. The highest BCUT2D eigenvalue weighted by molar-refractivity contribution is 5.96. The molecule has 0 saturated carbocycles. The van der Waals surface area contributed by atoms with Crippen molar-refractivity contribution in [1.29, 1.82) is 0 Å². The van der Waals surface area contributed by atoms with Gasteiger partial charge in [-0.3, -0.25) is 0 Å². The van der Waals surface area contributed by atoms with Gasteiger partial charge in [-0.05, 0) is 52.8 Å². The van der Waals surface area contributed by atoms with Crippen LogP contribution in [0, 0.1) is 18.8 Å². The largest absolute Gasteiger partial charge is 0.493 e. The molecule has 0 spiro atoms. The van der Waals surface area contributed by atoms with Crippen LogP contribution in [0.4, 0.5) is 0 Å². The number of benzene rings is 2. The fraction of sp³-hybridized carbons (Fsp3) is 0.391. The summed E-state index contributed by atoms with van der Waals surface area (Å²) >= 11 is 0. The van der Waals surface area contributed by atoms with Gasteiger partial charge in [0.25, 0.3) is 0 Å². The van der Waals surface area contributed by atoms with E-state index in [1.807, 2.05) is 0 Å². The van der Waals surface area contributed by atoms with Crippen LogP contribution in [0.2, 0.25) is 0 Å². The summed E-state index contributed by atoms with van der Waals surface area (Å²) in [6, 6.07) is 11.0. The van der Waals surface area contributed by atoms with Crippen LogP contribution in [-0.2, 0) is 6.42 Å². The van der Waals surface area contributed by atoms with Gasteiger partial charge in [0.05, 0.1) is 6.61 Å². The highest BCUT2D eigenvalue weighted by Crippen LogP contribution is 2.32. The summed E-state index contributed by atoms with van der Waals surface area (Å²) in [5, 5.41) is 2.70. The lowest BCUT2D eigenvalue weighted by molar-refractivity contribution is 0.233. The van der Waals surface area contributed by atoms with E-state index in [1.54, 1.807) is 0 Å². The zero-order valence-corrected chi connectivity index (χ0v) is 14.9. The minimum atomic E-state index is 0.675. The van der Waals surface area contributed by atoms with Gasteiger partial charge < -0.3 is 4.74 Å². The molecular formula is C23H28O. The van der Waals surface area contributed by atoms with Crippen LogP contribution in [0.25, 0.3) is 16.8 Å². The van der Waals surface area contributed by atoms with Crippen molar-refractivity contribution < 1.29 is 4.74 Å². The molecule has 1 heteroatoms. The van der Waals surface area contributed by atoms with Gasteiger partial charge in [0.15, 0.2) is 0 Å². The van der Waals surface area contributed by atoms with Crippen LogP contribution in [-0.4, -0.2) is 6.61 Å². The molecule has 0 N–H and O–H groups in total. The molecule has 1 atom stereocenters. The molecule has 3 rings (SSSR count). The summed E-state index contributed by atoms with van der Waals surface area (Å²) in [6.45, 7) is 5.36. The van der Waals surface area contributed by atoms with Gasteiger partial charge in [0.2, 0.25) is 0 Å². The summed E-state index contributed by atoms with van der Waals surface area (Å²) in [6.07, 6.45) is 18.6. The molecule has 0 heterocycles. The van der Waals surface area contributed by atoms with Gasteiger partial charge in [-0.25, -0.2) is 0 Å². The SMILES string of the molecule is C#C.CCCCC(CC)COc1cc2c3c(cccc3c1)CC=C2. The average Bonchev–Trinajstić information content (AvgIpc) is 2.64. The number of terminal acetylenes is 1. The van der Waals surface area contributed by atoms with Crippen molar-refractivity contribution in [3.63, 3.8) is 0 Å². The molecule has 0 fully saturated rings. The zero-order chi connectivity index (χ0) is 17.4. The third-order valence-corrected chi connectivity index (χ3v) is 4.73. The van der Waals surface area contributed by atoms with E-state index in [-0.39, 0.29) is 0 Å². The van der Waals surface area contributed by atoms with Crippen molar-refractivity contribution in [1.82, 2.24) is 0 Å². The third-order valence-electron chi connectivity index (χ3n) is 4.73. The maximum Gasteiger partial charge on any atom is 0.120 e. The fourth-order valence-corrected chi connectivity index (χ4v) is 3.32. The molecule has 0 aromatic heterocycles. The second-order valence-electron chi connectivity index (χ2n) is 6.36. The number of ether oxygens (including phenoxy) is 1. The first kappa shape index (κ1) is 18.1. The van der Waals surface area contributed by atoms with Crippen LogP contribution in [0.3, 0.4) is 0 Å². The second kappa shape index (κ2) is 9.18. The zero-order valence-electron chi connectivity index (χ0n) is 14.9. The highest BCUT2D eigenvalue weighted by Gasteiger charge is 2.12. The number of rotatable bonds is 7. The molecule has 24 heavy (non-hydrogen) atoms. The molecule has 2 aromatic rings. The van der Waals surface area contributed by atoms with Gasteiger partial charge in [0.1, 0.15) is 5.75 Å². The van der Waals surface area contributed by atoms with Crippen LogP contribution >= 0.6 is 0 Å². The Morgan fingerprint density at radius 2 is 2.00 bits per heavy atom. The van der Waals surface area contributed by atoms with E-state index >= 15 is 0 Å². The summed E-state index contributed by atoms with van der Waals surface area (Å²) in [5.74, 6) is 1.69. The molecule has 0 bridgehead atoms. The number of allylic oxidation sites excluding steroid dienone is 1. The Morgan fingerprint density at radius 1 is 1.17 bits per heavy atom. The molecule has 2 aromatic carbocycles. The highest BCUT2D eigenvalue weighted by atomic mass is 16.5. The predicted octanol–water partition coefficient (Wildman–Crippen LogP) is 6.25. The lowest BCUT2D eigenvalue weighted by Crippen LogP contribution is -2.11. The quantitative estimate of drug-likeness (QED) is 0.548. The first-order valence-corrected chi connectivity index (χ1v) is 9.00. The average molecular weight is 320 g/mol. The summed E-state index contributed by atoms with van der Waals surface area (Å²) < 4.78 is 6.14. The Balaban J connectivity index is 0.00000100. The monoisotopic (exact) mass is 320 g/mol. The van der Waals surface area contributed by atoms with Crippen LogP contribution in [0.1, 0.15) is 50.7 Å². The first-order valence-electron chi connectivity index (χ1n) is 9.00. The minimum absolute atomic E-state index is 0.675. The Kier molecular flexibility index (Phi) is 6.94.